The molecular weight excluding hydrogens is 247 g/mol. The lowest BCUT2D eigenvalue weighted by Gasteiger charge is -2.11. The monoisotopic (exact) mass is 258 g/mol. The van der Waals surface area contributed by atoms with Gasteiger partial charge in [0, 0.05) is 6.07 Å². The number of halogens is 1. The van der Waals surface area contributed by atoms with Crippen LogP contribution >= 0.6 is 0 Å². The molecular formula is C13H11FN4O. The van der Waals surface area contributed by atoms with Crippen molar-refractivity contribution in [1.82, 2.24) is 4.98 Å². The topological polar surface area (TPSA) is 84.0 Å². The second-order valence-corrected chi connectivity index (χ2v) is 3.69. The Labute approximate surface area is 109 Å². The van der Waals surface area contributed by atoms with Gasteiger partial charge in [-0.3, -0.25) is 0 Å². The highest BCUT2D eigenvalue weighted by atomic mass is 19.1. The van der Waals surface area contributed by atoms with E-state index in [9.17, 15) is 4.39 Å². The molecule has 96 valence electrons. The van der Waals surface area contributed by atoms with Crippen LogP contribution in [0.25, 0.3) is 0 Å². The van der Waals surface area contributed by atoms with Crippen molar-refractivity contribution in [3.05, 3.63) is 41.7 Å². The van der Waals surface area contributed by atoms with Crippen LogP contribution in [0.2, 0.25) is 0 Å². The van der Waals surface area contributed by atoms with Gasteiger partial charge < -0.3 is 15.8 Å². The van der Waals surface area contributed by atoms with Crippen molar-refractivity contribution < 1.29 is 9.13 Å². The summed E-state index contributed by atoms with van der Waals surface area (Å²) in [4.78, 5) is 4.10. The van der Waals surface area contributed by atoms with Gasteiger partial charge in [0.1, 0.15) is 17.4 Å². The van der Waals surface area contributed by atoms with Gasteiger partial charge in [-0.2, -0.15) is 10.2 Å². The molecule has 0 saturated carbocycles. The summed E-state index contributed by atoms with van der Waals surface area (Å²) in [6, 6.07) is 9.29. The number of methoxy groups -OCH3 is 1. The number of ether oxygens (including phenoxy) is 1. The molecule has 19 heavy (non-hydrogen) atoms. The van der Waals surface area contributed by atoms with Crippen molar-refractivity contribution in [1.29, 1.82) is 5.26 Å². The molecule has 5 nitrogen and oxygen atoms in total. The van der Waals surface area contributed by atoms with Crippen LogP contribution in [0.15, 0.2) is 30.3 Å². The third-order valence-electron chi connectivity index (χ3n) is 2.49. The second kappa shape index (κ2) is 5.23. The largest absolute Gasteiger partial charge is 0.481 e. The number of hydrogen-bond acceptors (Lipinski definition) is 5. The maximum absolute atomic E-state index is 13.5. The summed E-state index contributed by atoms with van der Waals surface area (Å²) < 4.78 is 18.4. The smallest absolute Gasteiger partial charge is 0.215 e. The Morgan fingerprint density at radius 3 is 2.84 bits per heavy atom. The van der Waals surface area contributed by atoms with Crippen molar-refractivity contribution in [2.45, 2.75) is 0 Å². The molecule has 0 spiro atoms. The number of rotatable bonds is 3. The van der Waals surface area contributed by atoms with Gasteiger partial charge in [-0.1, -0.05) is 6.07 Å². The number of nitrogens with zero attached hydrogens (tertiary/aromatic N) is 2. The summed E-state index contributed by atoms with van der Waals surface area (Å²) in [5.74, 6) is 0.0713. The van der Waals surface area contributed by atoms with E-state index in [1.165, 1.54) is 19.2 Å². The lowest BCUT2D eigenvalue weighted by atomic mass is 10.2. The zero-order valence-electron chi connectivity index (χ0n) is 10.1. The van der Waals surface area contributed by atoms with Crippen LogP contribution in [0.1, 0.15) is 5.56 Å². The fourth-order valence-electron chi connectivity index (χ4n) is 1.54. The molecule has 0 fully saturated rings. The molecule has 0 aliphatic carbocycles. The van der Waals surface area contributed by atoms with E-state index >= 15 is 0 Å². The number of pyridine rings is 1. The van der Waals surface area contributed by atoms with E-state index in [1.807, 2.05) is 0 Å². The highest BCUT2D eigenvalue weighted by molar-refractivity contribution is 5.72. The zero-order valence-corrected chi connectivity index (χ0v) is 10.1. The van der Waals surface area contributed by atoms with E-state index in [0.717, 1.165) is 0 Å². The molecule has 0 amide bonds. The first-order valence-electron chi connectivity index (χ1n) is 5.42. The number of aromatic nitrogens is 1. The quantitative estimate of drug-likeness (QED) is 0.883. The van der Waals surface area contributed by atoms with E-state index in [2.05, 4.69) is 10.3 Å². The van der Waals surface area contributed by atoms with Crippen LogP contribution in [0.4, 0.5) is 21.6 Å². The first-order valence-corrected chi connectivity index (χ1v) is 5.42. The molecule has 0 saturated heterocycles. The Bertz CT molecular complexity index is 652. The van der Waals surface area contributed by atoms with Crippen molar-refractivity contribution in [3.63, 3.8) is 0 Å². The molecule has 2 aromatic rings. The van der Waals surface area contributed by atoms with Gasteiger partial charge in [-0.15, -0.1) is 0 Å². The third-order valence-corrected chi connectivity index (χ3v) is 2.49. The molecule has 0 atom stereocenters. The molecule has 0 bridgehead atoms. The van der Waals surface area contributed by atoms with Crippen LogP contribution in [0.3, 0.4) is 0 Å². The minimum absolute atomic E-state index is 0.0912. The standard InChI is InChI=1S/C13H11FN4O/c1-19-12-6-5-10(16)13(18-12)17-11-4-2-3-9(14)8(11)7-15/h2-6H,16H2,1H3,(H,17,18). The van der Waals surface area contributed by atoms with Crippen LogP contribution in [0, 0.1) is 17.1 Å². The van der Waals surface area contributed by atoms with E-state index < -0.39 is 5.82 Å². The van der Waals surface area contributed by atoms with Crippen molar-refractivity contribution in [2.24, 2.45) is 0 Å². The Hall–Kier alpha value is -2.81. The predicted molar refractivity (Wildman–Crippen MR) is 69.6 cm³/mol. The summed E-state index contributed by atoms with van der Waals surface area (Å²) >= 11 is 0. The van der Waals surface area contributed by atoms with E-state index in [0.29, 0.717) is 23.1 Å². The molecule has 6 heteroatoms. The van der Waals surface area contributed by atoms with Crippen molar-refractivity contribution in [3.8, 4) is 11.9 Å². The molecule has 1 aromatic carbocycles. The van der Waals surface area contributed by atoms with Crippen LogP contribution < -0.4 is 15.8 Å². The first-order chi connectivity index (χ1) is 9.15. The van der Waals surface area contributed by atoms with Gasteiger partial charge in [-0.25, -0.2) is 4.39 Å². The van der Waals surface area contributed by atoms with Gasteiger partial charge in [0.15, 0.2) is 5.82 Å². The second-order valence-electron chi connectivity index (χ2n) is 3.69. The number of nitrogens with one attached hydrogen (secondary N) is 1. The summed E-state index contributed by atoms with van der Waals surface area (Å²) in [6.07, 6.45) is 0. The molecule has 1 aromatic heterocycles. The normalized spacial score (nSPS) is 9.74. The van der Waals surface area contributed by atoms with Gasteiger partial charge in [0.25, 0.3) is 0 Å². The lowest BCUT2D eigenvalue weighted by Crippen LogP contribution is -2.02. The van der Waals surface area contributed by atoms with E-state index in [1.54, 1.807) is 24.3 Å². The predicted octanol–water partition coefficient (Wildman–Crippen LogP) is 2.43. The summed E-state index contributed by atoms with van der Waals surface area (Å²) in [7, 11) is 1.48. The van der Waals surface area contributed by atoms with Crippen LogP contribution in [-0.4, -0.2) is 12.1 Å². The summed E-state index contributed by atoms with van der Waals surface area (Å²) in [5, 5.41) is 11.8. The minimum atomic E-state index is -0.603. The number of nitrogens with two attached hydrogens (primary N) is 1. The summed E-state index contributed by atoms with van der Waals surface area (Å²) in [5.41, 5.74) is 6.34. The maximum atomic E-state index is 13.5. The molecule has 2 rings (SSSR count). The molecule has 0 unspecified atom stereocenters. The Kier molecular flexibility index (Phi) is 3.48. The van der Waals surface area contributed by atoms with E-state index in [4.69, 9.17) is 15.7 Å². The minimum Gasteiger partial charge on any atom is -0.481 e. The summed E-state index contributed by atoms with van der Waals surface area (Å²) in [6.45, 7) is 0. The van der Waals surface area contributed by atoms with Gasteiger partial charge >= 0.3 is 0 Å². The molecule has 1 heterocycles. The Morgan fingerprint density at radius 1 is 1.37 bits per heavy atom. The molecule has 0 aliphatic rings. The molecule has 3 N–H and O–H groups in total. The van der Waals surface area contributed by atoms with Gasteiger partial charge in [-0.05, 0) is 18.2 Å². The number of anilines is 3. The van der Waals surface area contributed by atoms with E-state index in [-0.39, 0.29) is 5.56 Å². The first kappa shape index (κ1) is 12.6. The third kappa shape index (κ3) is 2.55. The maximum Gasteiger partial charge on any atom is 0.215 e. The van der Waals surface area contributed by atoms with Crippen LogP contribution in [-0.2, 0) is 0 Å². The zero-order chi connectivity index (χ0) is 13.8. The number of benzene rings is 1. The number of hydrogen-bond donors (Lipinski definition) is 2. The van der Waals surface area contributed by atoms with Gasteiger partial charge in [0.2, 0.25) is 5.88 Å². The molecule has 0 radical (unpaired) electrons. The Morgan fingerprint density at radius 2 is 2.16 bits per heavy atom. The fraction of sp³-hybridized carbons (Fsp3) is 0.0769. The lowest BCUT2D eigenvalue weighted by molar-refractivity contribution is 0.398. The van der Waals surface area contributed by atoms with Gasteiger partial charge in [0.05, 0.1) is 18.5 Å². The Balaban J connectivity index is 2.42. The van der Waals surface area contributed by atoms with Crippen LogP contribution in [0.5, 0.6) is 5.88 Å². The van der Waals surface area contributed by atoms with Crippen molar-refractivity contribution in [2.75, 3.05) is 18.2 Å². The average Bonchev–Trinajstić information content (AvgIpc) is 2.41. The average molecular weight is 258 g/mol. The number of nitrogen functional groups attached to an aromatic ring is 1. The fourth-order valence-corrected chi connectivity index (χ4v) is 1.54. The number of nitriles is 1. The SMILES string of the molecule is COc1ccc(N)c(Nc2cccc(F)c2C#N)n1. The highest BCUT2D eigenvalue weighted by Gasteiger charge is 2.10. The van der Waals surface area contributed by atoms with Crippen molar-refractivity contribution >= 4 is 17.2 Å². The highest BCUT2D eigenvalue weighted by Crippen LogP contribution is 2.26. The molecule has 0 aliphatic heterocycles.